The number of dihydropyridines is 3. The Balaban J connectivity index is 0.000000175. The van der Waals surface area contributed by atoms with E-state index < -0.39 is 18.1 Å². The minimum atomic E-state index is -1.21. The molecular weight excluding hydrogens is 631 g/mol. The molecule has 0 aliphatic carbocycles. The Bertz CT molecular complexity index is 1300. The maximum absolute atomic E-state index is 8.11. The molecule has 3 heterocycles. The number of allylic oxidation sites excluding steroid dienone is 6. The summed E-state index contributed by atoms with van der Waals surface area (Å²) in [5.74, 6) is 0. The molecule has 4 heteroatoms. The van der Waals surface area contributed by atoms with E-state index in [0.29, 0.717) is 0 Å². The van der Waals surface area contributed by atoms with Crippen molar-refractivity contribution in [2.75, 3.05) is 0 Å². The molecule has 0 fully saturated rings. The molecule has 3 aliphatic rings. The van der Waals surface area contributed by atoms with Crippen LogP contribution in [0.4, 0.5) is 0 Å². The number of benzene rings is 3. The molecule has 0 saturated heterocycles. The van der Waals surface area contributed by atoms with E-state index in [2.05, 4.69) is 18.2 Å². The van der Waals surface area contributed by atoms with Crippen LogP contribution < -0.4 is 15.9 Å². The van der Waals surface area contributed by atoms with Crippen LogP contribution in [0.25, 0.3) is 0 Å². The molecule has 0 spiro atoms. The second kappa shape index (κ2) is 16.0. The first-order valence-corrected chi connectivity index (χ1v) is 11.5. The Kier molecular flexibility index (Phi) is 8.75. The zero-order valence-electron chi connectivity index (χ0n) is 26.0. The van der Waals surface area contributed by atoms with Crippen molar-refractivity contribution in [3.8, 4) is 0 Å². The van der Waals surface area contributed by atoms with Crippen LogP contribution in [0.5, 0.6) is 0 Å². The molecule has 0 bridgehead atoms. The molecule has 186 valence electrons. The van der Waals surface area contributed by atoms with E-state index in [-0.39, 0.29) is 20.1 Å². The van der Waals surface area contributed by atoms with E-state index in [1.807, 2.05) is 91.0 Å². The van der Waals surface area contributed by atoms with Gasteiger partial charge in [0, 0.05) is 4.11 Å². The van der Waals surface area contributed by atoms with Gasteiger partial charge in [-0.25, -0.2) is 36.5 Å². The van der Waals surface area contributed by atoms with Gasteiger partial charge in [0.15, 0.2) is 4.24 Å². The van der Waals surface area contributed by atoms with Crippen LogP contribution >= 0.6 is 0 Å². The summed E-state index contributed by atoms with van der Waals surface area (Å²) in [6.45, 7) is 0. The molecule has 3 unspecified atom stereocenters. The normalized spacial score (nSPS) is 29.0. The van der Waals surface area contributed by atoms with Gasteiger partial charge in [0.05, 0.1) is 0 Å². The first kappa shape index (κ1) is 20.2. The van der Waals surface area contributed by atoms with Gasteiger partial charge in [-0.05, 0) is 34.7 Å². The first-order valence-electron chi connectivity index (χ1n) is 14.4. The summed E-state index contributed by atoms with van der Waals surface area (Å²) in [5, 5.41) is 3.26. The van der Waals surface area contributed by atoms with E-state index in [0.717, 1.165) is 32.6 Å². The van der Waals surface area contributed by atoms with Crippen molar-refractivity contribution in [3.05, 3.63) is 181 Å². The minimum absolute atomic E-state index is 0. The number of rotatable bonds is 3. The van der Waals surface area contributed by atoms with E-state index in [9.17, 15) is 0 Å². The molecule has 0 aromatic heterocycles. The van der Waals surface area contributed by atoms with Crippen molar-refractivity contribution in [3.63, 3.8) is 0 Å². The Morgan fingerprint density at radius 2 is 0.757 bits per heavy atom. The van der Waals surface area contributed by atoms with Gasteiger partial charge >= 0.3 is 20.1 Å². The molecule has 3 atom stereocenters. The fourth-order valence-corrected chi connectivity index (χ4v) is 3.24. The predicted octanol–water partition coefficient (Wildman–Crippen LogP) is 6.61. The van der Waals surface area contributed by atoms with Crippen LogP contribution in [0.3, 0.4) is 0 Å². The standard InChI is InChI=1S/3C11H10N.Ir/c3*1-2-6-10(7-3-1)11-8-4-5-9-12-11;/h3*1-7,9,11-12H;/q3*-1;+3/i3*11D;/hD3. The van der Waals surface area contributed by atoms with Crippen LogP contribution in [0, 0.1) is 18.2 Å². The second-order valence-electron chi connectivity index (χ2n) is 7.49. The summed E-state index contributed by atoms with van der Waals surface area (Å²) in [4.78, 5) is 0. The monoisotopic (exact) mass is 667 g/mol. The molecule has 3 N–H and O–H groups in total. The molecule has 6 rings (SSSR count). The van der Waals surface area contributed by atoms with Crippen molar-refractivity contribution < 1.29 is 28.5 Å². The van der Waals surface area contributed by atoms with E-state index in [1.54, 1.807) is 55.1 Å². The Hall–Kier alpha value is -3.85. The Morgan fingerprint density at radius 1 is 0.486 bits per heavy atom. The Morgan fingerprint density at radius 3 is 1.00 bits per heavy atom. The molecule has 0 amide bonds. The Labute approximate surface area is 243 Å². The largest absolute Gasteiger partial charge is 3.00 e. The van der Waals surface area contributed by atoms with Gasteiger partial charge in [0.25, 0.3) is 0 Å². The molecule has 3 nitrogen and oxygen atoms in total. The summed E-state index contributed by atoms with van der Waals surface area (Å²) in [6.07, 6.45) is 23.3. The number of hydrogen-bond donors (Lipinski definition) is 3. The average Bonchev–Trinajstić information content (AvgIpc) is 3.04. The fourth-order valence-electron chi connectivity index (χ4n) is 3.24. The summed E-state index contributed by atoms with van der Waals surface area (Å²) in [6, 6.07) is 24.2. The van der Waals surface area contributed by atoms with Crippen LogP contribution in [0.2, 0.25) is 4.24 Å². The van der Waals surface area contributed by atoms with Gasteiger partial charge in [-0.1, -0.05) is 110 Å². The van der Waals surface area contributed by atoms with E-state index in [4.69, 9.17) is 8.35 Å². The van der Waals surface area contributed by atoms with Gasteiger partial charge in [-0.2, -0.15) is 18.2 Å². The van der Waals surface area contributed by atoms with Gasteiger partial charge in [0.2, 0.25) is 0 Å². The van der Waals surface area contributed by atoms with Crippen LogP contribution in [0.15, 0.2) is 146 Å². The quantitative estimate of drug-likeness (QED) is 0.276. The van der Waals surface area contributed by atoms with Crippen molar-refractivity contribution in [2.45, 2.75) is 18.1 Å². The maximum atomic E-state index is 8.11. The van der Waals surface area contributed by atoms with E-state index >= 15 is 0 Å². The minimum Gasteiger partial charge on any atom is -0.413 e. The number of nitrogens with one attached hydrogen (secondary N) is 3. The molecule has 3 aromatic rings. The topological polar surface area (TPSA) is 36.1 Å². The molecule has 37 heavy (non-hydrogen) atoms. The van der Waals surface area contributed by atoms with Crippen molar-refractivity contribution >= 4 is 0 Å². The number of hydrogen-bond acceptors (Lipinski definition) is 3. The zero-order chi connectivity index (χ0) is 30.1. The predicted molar refractivity (Wildman–Crippen MR) is 148 cm³/mol. The SMILES string of the molecule is [2H]N1C=CC=[C-]C1([2H])c1ccccc1.[2H]N1C=CC=[C-]C1([2H])c1ccccc1.[2H]N1C=CC=[C-]C1([2H])c1ccccc1.[Ir+3]. The van der Waals surface area contributed by atoms with Crippen LogP contribution in [-0.4, -0.2) is 0 Å². The zero-order valence-corrected chi connectivity index (χ0v) is 22.4. The summed E-state index contributed by atoms with van der Waals surface area (Å²) in [7, 11) is 0. The molecule has 3 aliphatic heterocycles. The average molecular weight is 667 g/mol. The van der Waals surface area contributed by atoms with Gasteiger partial charge in [-0.15, -0.1) is 0 Å². The van der Waals surface area contributed by atoms with Crippen LogP contribution in [-0.2, 0) is 20.1 Å². The van der Waals surface area contributed by atoms with Gasteiger partial charge < -0.3 is 15.9 Å². The van der Waals surface area contributed by atoms with Crippen molar-refractivity contribution in [1.29, 1.82) is 0 Å². The summed E-state index contributed by atoms with van der Waals surface area (Å²) in [5.41, 5.74) is 2.24. The van der Waals surface area contributed by atoms with Crippen LogP contribution in [0.1, 0.15) is 38.9 Å². The third-order valence-corrected chi connectivity index (χ3v) is 4.96. The van der Waals surface area contributed by atoms with E-state index in [1.165, 1.54) is 0 Å². The van der Waals surface area contributed by atoms with Crippen molar-refractivity contribution in [1.82, 2.24) is 15.9 Å². The van der Waals surface area contributed by atoms with Crippen molar-refractivity contribution in [2.24, 2.45) is 0 Å². The summed E-state index contributed by atoms with van der Waals surface area (Å²) < 4.78 is 47.3. The molecule has 0 radical (unpaired) electrons. The smallest absolute Gasteiger partial charge is 0.413 e. The molecular formula is C33H30IrN3. The van der Waals surface area contributed by atoms with Gasteiger partial charge in [0.1, 0.15) is 0 Å². The van der Waals surface area contributed by atoms with Gasteiger partial charge in [-0.3, -0.25) is 0 Å². The summed E-state index contributed by atoms with van der Waals surface area (Å²) >= 11 is 0. The third kappa shape index (κ3) is 9.27. The fraction of sp³-hybridized carbons (Fsp3) is 0.0909. The third-order valence-electron chi connectivity index (χ3n) is 4.96. The maximum Gasteiger partial charge on any atom is 3.00 e. The molecule has 3 aromatic carbocycles. The first-order chi connectivity index (χ1) is 20.2. The second-order valence-corrected chi connectivity index (χ2v) is 7.49. The molecule has 0 saturated carbocycles.